The van der Waals surface area contributed by atoms with Crippen LogP contribution in [0.2, 0.25) is 0 Å². The molecule has 0 atom stereocenters. The third-order valence-corrected chi connectivity index (χ3v) is 3.39. The lowest BCUT2D eigenvalue weighted by Crippen LogP contribution is -2.13. The summed E-state index contributed by atoms with van der Waals surface area (Å²) in [7, 11) is 0. The Morgan fingerprint density at radius 1 is 1.25 bits per heavy atom. The van der Waals surface area contributed by atoms with Crippen LogP contribution in [0.5, 0.6) is 0 Å². The molecule has 3 N–H and O–H groups in total. The second-order valence-corrected chi connectivity index (χ2v) is 5.37. The van der Waals surface area contributed by atoms with E-state index in [1.165, 1.54) is 0 Å². The lowest BCUT2D eigenvalue weighted by Gasteiger charge is -2.08. The fourth-order valence-corrected chi connectivity index (χ4v) is 2.22. The van der Waals surface area contributed by atoms with E-state index in [1.807, 2.05) is 43.3 Å². The molecule has 5 heteroatoms. The Labute approximate surface area is 126 Å². The maximum absolute atomic E-state index is 11.9. The zero-order valence-corrected chi connectivity index (χ0v) is 12.8. The minimum Gasteiger partial charge on any atom is -0.399 e. The summed E-state index contributed by atoms with van der Waals surface area (Å²) in [5.74, 6) is -0.0194. The summed E-state index contributed by atoms with van der Waals surface area (Å²) >= 11 is 3.30. The molecule has 0 saturated carbocycles. The Hall–Kier alpha value is -1.88. The first-order valence-corrected chi connectivity index (χ1v) is 7.11. The summed E-state index contributed by atoms with van der Waals surface area (Å²) in [4.78, 5) is 16.2. The van der Waals surface area contributed by atoms with Crippen LogP contribution in [0.15, 0.2) is 41.0 Å². The number of aromatic nitrogens is 1. The number of carbonyl (C=O) groups excluding carboxylic acids is 1. The molecule has 0 aliphatic heterocycles. The van der Waals surface area contributed by atoms with Crippen molar-refractivity contribution < 1.29 is 4.79 Å². The minimum atomic E-state index is -0.0194. The molecular formula is C15H16BrN3O. The van der Waals surface area contributed by atoms with E-state index in [0.29, 0.717) is 12.8 Å². The summed E-state index contributed by atoms with van der Waals surface area (Å²) < 4.78 is 0.759. The standard InChI is InChI=1S/C15H16BrN3O/c1-10-13(7-8-14(16)18-10)19-15(20)9-4-11-2-5-12(17)6-3-11/h2-3,5-8H,4,9,17H2,1H3,(H,19,20). The van der Waals surface area contributed by atoms with Gasteiger partial charge in [-0.2, -0.15) is 0 Å². The van der Waals surface area contributed by atoms with Gasteiger partial charge in [0.1, 0.15) is 4.60 Å². The topological polar surface area (TPSA) is 68.0 Å². The van der Waals surface area contributed by atoms with Gasteiger partial charge >= 0.3 is 0 Å². The second-order valence-electron chi connectivity index (χ2n) is 4.56. The number of hydrogen-bond acceptors (Lipinski definition) is 3. The van der Waals surface area contributed by atoms with Crippen LogP contribution < -0.4 is 11.1 Å². The van der Waals surface area contributed by atoms with Gasteiger partial charge in [0, 0.05) is 12.1 Å². The third-order valence-electron chi connectivity index (χ3n) is 2.95. The molecule has 1 heterocycles. The number of nitrogens with two attached hydrogens (primary N) is 1. The highest BCUT2D eigenvalue weighted by atomic mass is 79.9. The molecule has 0 unspecified atom stereocenters. The van der Waals surface area contributed by atoms with Crippen molar-refractivity contribution in [3.8, 4) is 0 Å². The molecule has 4 nitrogen and oxygen atoms in total. The van der Waals surface area contributed by atoms with Crippen molar-refractivity contribution in [2.45, 2.75) is 19.8 Å². The molecule has 0 aliphatic carbocycles. The largest absolute Gasteiger partial charge is 0.399 e. The van der Waals surface area contributed by atoms with E-state index in [1.54, 1.807) is 0 Å². The number of nitrogen functional groups attached to an aromatic ring is 1. The highest BCUT2D eigenvalue weighted by Gasteiger charge is 2.06. The number of aryl methyl sites for hydroxylation is 2. The summed E-state index contributed by atoms with van der Waals surface area (Å²) in [6.45, 7) is 1.86. The van der Waals surface area contributed by atoms with Crippen LogP contribution in [0.25, 0.3) is 0 Å². The summed E-state index contributed by atoms with van der Waals surface area (Å²) in [6, 6.07) is 11.2. The molecule has 0 radical (unpaired) electrons. The predicted octanol–water partition coefficient (Wildman–Crippen LogP) is 3.31. The van der Waals surface area contributed by atoms with Gasteiger partial charge in [-0.1, -0.05) is 12.1 Å². The molecule has 2 aromatic rings. The first-order valence-electron chi connectivity index (χ1n) is 6.32. The number of nitrogens with one attached hydrogen (secondary N) is 1. The van der Waals surface area contributed by atoms with Gasteiger partial charge in [-0.05, 0) is 59.1 Å². The van der Waals surface area contributed by atoms with Crippen LogP contribution >= 0.6 is 15.9 Å². The molecule has 0 aliphatic rings. The third kappa shape index (κ3) is 4.06. The van der Waals surface area contributed by atoms with Crippen molar-refractivity contribution in [3.63, 3.8) is 0 Å². The molecule has 0 saturated heterocycles. The van der Waals surface area contributed by atoms with E-state index in [4.69, 9.17) is 5.73 Å². The monoisotopic (exact) mass is 333 g/mol. The van der Waals surface area contributed by atoms with Crippen molar-refractivity contribution in [2.24, 2.45) is 0 Å². The van der Waals surface area contributed by atoms with Crippen molar-refractivity contribution in [2.75, 3.05) is 11.1 Å². The number of nitrogens with zero attached hydrogens (tertiary/aromatic N) is 1. The summed E-state index contributed by atoms with van der Waals surface area (Å²) in [5.41, 5.74) is 8.99. The van der Waals surface area contributed by atoms with E-state index in [-0.39, 0.29) is 5.91 Å². The number of pyridine rings is 1. The van der Waals surface area contributed by atoms with Gasteiger partial charge < -0.3 is 11.1 Å². The fourth-order valence-electron chi connectivity index (χ4n) is 1.82. The first kappa shape index (κ1) is 14.5. The Balaban J connectivity index is 1.90. The van der Waals surface area contributed by atoms with Gasteiger partial charge in [0.25, 0.3) is 0 Å². The number of amides is 1. The predicted molar refractivity (Wildman–Crippen MR) is 84.5 cm³/mol. The van der Waals surface area contributed by atoms with Crippen molar-refractivity contribution >= 4 is 33.2 Å². The quantitative estimate of drug-likeness (QED) is 0.666. The number of halogens is 1. The maximum Gasteiger partial charge on any atom is 0.224 e. The number of benzene rings is 1. The zero-order chi connectivity index (χ0) is 14.5. The molecule has 2 rings (SSSR count). The van der Waals surface area contributed by atoms with Gasteiger partial charge in [-0.15, -0.1) is 0 Å². The van der Waals surface area contributed by atoms with Crippen LogP contribution in [-0.2, 0) is 11.2 Å². The van der Waals surface area contributed by atoms with E-state index < -0.39 is 0 Å². The average Bonchev–Trinajstić information content (AvgIpc) is 2.41. The Morgan fingerprint density at radius 3 is 2.60 bits per heavy atom. The first-order chi connectivity index (χ1) is 9.54. The van der Waals surface area contributed by atoms with Crippen LogP contribution in [0.4, 0.5) is 11.4 Å². The lowest BCUT2D eigenvalue weighted by molar-refractivity contribution is -0.116. The smallest absolute Gasteiger partial charge is 0.224 e. The van der Waals surface area contributed by atoms with E-state index in [2.05, 4.69) is 26.2 Å². The summed E-state index contributed by atoms with van der Waals surface area (Å²) in [6.07, 6.45) is 1.12. The highest BCUT2D eigenvalue weighted by molar-refractivity contribution is 9.10. The number of carbonyl (C=O) groups is 1. The van der Waals surface area contributed by atoms with Crippen LogP contribution in [0.3, 0.4) is 0 Å². The number of rotatable bonds is 4. The van der Waals surface area contributed by atoms with Gasteiger partial charge in [-0.25, -0.2) is 4.98 Å². The van der Waals surface area contributed by atoms with Crippen LogP contribution in [0.1, 0.15) is 17.7 Å². The zero-order valence-electron chi connectivity index (χ0n) is 11.2. The fraction of sp³-hybridized carbons (Fsp3) is 0.200. The SMILES string of the molecule is Cc1nc(Br)ccc1NC(=O)CCc1ccc(N)cc1. The molecule has 1 aromatic carbocycles. The van der Waals surface area contributed by atoms with Crippen LogP contribution in [-0.4, -0.2) is 10.9 Å². The molecule has 0 spiro atoms. The number of anilines is 2. The molecule has 104 valence electrons. The molecule has 20 heavy (non-hydrogen) atoms. The molecule has 1 aromatic heterocycles. The Bertz CT molecular complexity index is 611. The van der Waals surface area contributed by atoms with Crippen molar-refractivity contribution in [1.29, 1.82) is 0 Å². The highest BCUT2D eigenvalue weighted by Crippen LogP contribution is 2.16. The van der Waals surface area contributed by atoms with Gasteiger partial charge in [0.15, 0.2) is 0 Å². The van der Waals surface area contributed by atoms with E-state index >= 15 is 0 Å². The van der Waals surface area contributed by atoms with Gasteiger partial charge in [0.2, 0.25) is 5.91 Å². The normalized spacial score (nSPS) is 10.3. The molecule has 0 bridgehead atoms. The lowest BCUT2D eigenvalue weighted by atomic mass is 10.1. The Morgan fingerprint density at radius 2 is 1.95 bits per heavy atom. The number of hydrogen-bond donors (Lipinski definition) is 2. The molecular weight excluding hydrogens is 318 g/mol. The van der Waals surface area contributed by atoms with Gasteiger partial charge in [0.05, 0.1) is 11.4 Å². The van der Waals surface area contributed by atoms with Crippen molar-refractivity contribution in [1.82, 2.24) is 4.98 Å². The Kier molecular flexibility index (Phi) is 4.74. The molecule has 0 fully saturated rings. The van der Waals surface area contributed by atoms with Crippen molar-refractivity contribution in [3.05, 3.63) is 52.3 Å². The minimum absolute atomic E-state index is 0.0194. The van der Waals surface area contributed by atoms with E-state index in [9.17, 15) is 4.79 Å². The van der Waals surface area contributed by atoms with Crippen LogP contribution in [0, 0.1) is 6.92 Å². The second kappa shape index (κ2) is 6.52. The summed E-state index contributed by atoms with van der Waals surface area (Å²) in [5, 5.41) is 2.87. The van der Waals surface area contributed by atoms with E-state index in [0.717, 1.165) is 27.2 Å². The molecule has 1 amide bonds. The average molecular weight is 334 g/mol. The maximum atomic E-state index is 11.9. The van der Waals surface area contributed by atoms with Gasteiger partial charge in [-0.3, -0.25) is 4.79 Å².